The Kier molecular flexibility index (Phi) is 4.46. The third-order valence-electron chi connectivity index (χ3n) is 2.41. The van der Waals surface area contributed by atoms with E-state index in [2.05, 4.69) is 5.32 Å². The number of carbonyl (C=O) groups is 1. The highest BCUT2D eigenvalue weighted by Crippen LogP contribution is 1.99. The molecule has 1 amide bonds. The van der Waals surface area contributed by atoms with Gasteiger partial charge in [0.2, 0.25) is 0 Å². The second kappa shape index (κ2) is 5.85. The Bertz CT molecular complexity index is 499. The van der Waals surface area contributed by atoms with E-state index in [0.29, 0.717) is 6.42 Å². The number of carbonyl (C=O) groups excluding carboxylic acids is 1. The van der Waals surface area contributed by atoms with E-state index in [4.69, 9.17) is 5.26 Å². The van der Waals surface area contributed by atoms with Crippen LogP contribution in [0.25, 0.3) is 0 Å². The molecule has 1 N–H and O–H groups in total. The van der Waals surface area contributed by atoms with Gasteiger partial charge in [-0.1, -0.05) is 13.3 Å². The van der Waals surface area contributed by atoms with E-state index in [1.54, 1.807) is 13.1 Å². The van der Waals surface area contributed by atoms with E-state index in [1.807, 2.05) is 13.0 Å². The molecule has 17 heavy (non-hydrogen) atoms. The number of hydrogen-bond donors (Lipinski definition) is 1. The standard InChI is InChI=1S/C12H15N3O2/c1-3-4-10(8-13)14-12(17)9-5-6-15(2)11(16)7-9/h5-7,10H,3-4H2,1-2H3,(H,14,17). The molecule has 0 radical (unpaired) electrons. The fourth-order valence-corrected chi connectivity index (χ4v) is 1.39. The van der Waals surface area contributed by atoms with Crippen molar-refractivity contribution < 1.29 is 4.79 Å². The summed E-state index contributed by atoms with van der Waals surface area (Å²) in [6.07, 6.45) is 2.95. The molecule has 1 unspecified atom stereocenters. The van der Waals surface area contributed by atoms with Crippen LogP contribution in [0.5, 0.6) is 0 Å². The van der Waals surface area contributed by atoms with Gasteiger partial charge in [0.05, 0.1) is 6.07 Å². The van der Waals surface area contributed by atoms with E-state index < -0.39 is 6.04 Å². The van der Waals surface area contributed by atoms with Crippen molar-refractivity contribution in [1.29, 1.82) is 5.26 Å². The molecule has 0 aliphatic heterocycles. The van der Waals surface area contributed by atoms with Crippen molar-refractivity contribution in [3.05, 3.63) is 34.2 Å². The Balaban J connectivity index is 2.80. The van der Waals surface area contributed by atoms with Crippen LogP contribution in [-0.2, 0) is 7.05 Å². The Labute approximate surface area is 99.7 Å². The van der Waals surface area contributed by atoms with E-state index >= 15 is 0 Å². The van der Waals surface area contributed by atoms with Crippen LogP contribution >= 0.6 is 0 Å². The minimum absolute atomic E-state index is 0.248. The van der Waals surface area contributed by atoms with Gasteiger partial charge in [-0.15, -0.1) is 0 Å². The van der Waals surface area contributed by atoms with E-state index in [-0.39, 0.29) is 17.0 Å². The summed E-state index contributed by atoms with van der Waals surface area (Å²) in [6.45, 7) is 1.94. The highest BCUT2D eigenvalue weighted by Gasteiger charge is 2.12. The summed E-state index contributed by atoms with van der Waals surface area (Å²) in [6, 6.07) is 4.32. The SMILES string of the molecule is CCCC(C#N)NC(=O)c1ccn(C)c(=O)c1. The van der Waals surface area contributed by atoms with Gasteiger partial charge in [-0.2, -0.15) is 5.26 Å². The zero-order valence-corrected chi connectivity index (χ0v) is 9.93. The molecule has 1 atom stereocenters. The molecular formula is C12H15N3O2. The topological polar surface area (TPSA) is 74.9 Å². The third kappa shape index (κ3) is 3.45. The van der Waals surface area contributed by atoms with Gasteiger partial charge in [0.15, 0.2) is 0 Å². The second-order valence-corrected chi connectivity index (χ2v) is 3.81. The Hall–Kier alpha value is -2.09. The highest BCUT2D eigenvalue weighted by atomic mass is 16.2. The predicted molar refractivity (Wildman–Crippen MR) is 63.5 cm³/mol. The zero-order valence-electron chi connectivity index (χ0n) is 9.93. The lowest BCUT2D eigenvalue weighted by molar-refractivity contribution is 0.0943. The molecule has 0 aromatic carbocycles. The third-order valence-corrected chi connectivity index (χ3v) is 2.41. The number of aromatic nitrogens is 1. The van der Waals surface area contributed by atoms with Crippen LogP contribution in [0.3, 0.4) is 0 Å². The van der Waals surface area contributed by atoms with Crippen LogP contribution in [0, 0.1) is 11.3 Å². The van der Waals surface area contributed by atoms with E-state index in [9.17, 15) is 9.59 Å². The zero-order chi connectivity index (χ0) is 12.8. The van der Waals surface area contributed by atoms with Crippen LogP contribution in [0.15, 0.2) is 23.1 Å². The lowest BCUT2D eigenvalue weighted by atomic mass is 10.1. The lowest BCUT2D eigenvalue weighted by Gasteiger charge is -2.10. The largest absolute Gasteiger partial charge is 0.336 e. The molecule has 5 heteroatoms. The minimum atomic E-state index is -0.503. The maximum atomic E-state index is 11.7. The molecule has 0 aliphatic rings. The van der Waals surface area contributed by atoms with Gasteiger partial charge in [-0.05, 0) is 12.5 Å². The summed E-state index contributed by atoms with van der Waals surface area (Å²) in [7, 11) is 1.61. The van der Waals surface area contributed by atoms with Gasteiger partial charge in [0.25, 0.3) is 11.5 Å². The molecule has 0 saturated heterocycles. The highest BCUT2D eigenvalue weighted by molar-refractivity contribution is 5.94. The molecule has 5 nitrogen and oxygen atoms in total. The molecule has 0 fully saturated rings. The molecule has 1 aromatic heterocycles. The maximum absolute atomic E-state index is 11.7. The molecule has 1 heterocycles. The normalized spacial score (nSPS) is 11.6. The first-order chi connectivity index (χ1) is 8.08. The number of nitriles is 1. The molecule has 0 aliphatic carbocycles. The minimum Gasteiger partial charge on any atom is -0.336 e. The quantitative estimate of drug-likeness (QED) is 0.836. The number of nitrogens with zero attached hydrogens (tertiary/aromatic N) is 2. The molecule has 0 saturated carbocycles. The number of pyridine rings is 1. The average Bonchev–Trinajstić information content (AvgIpc) is 2.31. The summed E-state index contributed by atoms with van der Waals surface area (Å²) in [5.74, 6) is -0.386. The molecule has 0 spiro atoms. The average molecular weight is 233 g/mol. The van der Waals surface area contributed by atoms with Crippen molar-refractivity contribution in [2.75, 3.05) is 0 Å². The van der Waals surface area contributed by atoms with Crippen molar-refractivity contribution in [1.82, 2.24) is 9.88 Å². The second-order valence-electron chi connectivity index (χ2n) is 3.81. The van der Waals surface area contributed by atoms with Crippen molar-refractivity contribution in [2.24, 2.45) is 7.05 Å². The molecule has 1 rings (SSSR count). The Morgan fingerprint density at radius 1 is 1.65 bits per heavy atom. The summed E-state index contributed by atoms with van der Waals surface area (Å²) in [5.41, 5.74) is 0.0334. The molecular weight excluding hydrogens is 218 g/mol. The van der Waals surface area contributed by atoms with Crippen LogP contribution in [0.1, 0.15) is 30.1 Å². The number of hydrogen-bond acceptors (Lipinski definition) is 3. The lowest BCUT2D eigenvalue weighted by Crippen LogP contribution is -2.34. The summed E-state index contributed by atoms with van der Waals surface area (Å²) >= 11 is 0. The molecule has 90 valence electrons. The maximum Gasteiger partial charge on any atom is 0.252 e. The van der Waals surface area contributed by atoms with Gasteiger partial charge < -0.3 is 9.88 Å². The first-order valence-corrected chi connectivity index (χ1v) is 5.45. The fourth-order valence-electron chi connectivity index (χ4n) is 1.39. The van der Waals surface area contributed by atoms with Gasteiger partial charge in [-0.25, -0.2) is 0 Å². The van der Waals surface area contributed by atoms with Crippen LogP contribution in [-0.4, -0.2) is 16.5 Å². The number of nitrogens with one attached hydrogen (secondary N) is 1. The molecule has 0 bridgehead atoms. The van der Waals surface area contributed by atoms with Crippen molar-refractivity contribution in [2.45, 2.75) is 25.8 Å². The summed E-state index contributed by atoms with van der Waals surface area (Å²) in [4.78, 5) is 23.1. The fraction of sp³-hybridized carbons (Fsp3) is 0.417. The summed E-state index contributed by atoms with van der Waals surface area (Å²) in [5, 5.41) is 11.4. The number of amides is 1. The number of rotatable bonds is 4. The van der Waals surface area contributed by atoms with Crippen molar-refractivity contribution in [3.63, 3.8) is 0 Å². The van der Waals surface area contributed by atoms with E-state index in [0.717, 1.165) is 6.42 Å². The summed E-state index contributed by atoms with van der Waals surface area (Å²) < 4.78 is 1.38. The van der Waals surface area contributed by atoms with Crippen molar-refractivity contribution >= 4 is 5.91 Å². The van der Waals surface area contributed by atoms with Crippen LogP contribution in [0.2, 0.25) is 0 Å². The van der Waals surface area contributed by atoms with Gasteiger partial charge in [0.1, 0.15) is 6.04 Å². The first kappa shape index (κ1) is 13.0. The monoisotopic (exact) mass is 233 g/mol. The van der Waals surface area contributed by atoms with Crippen molar-refractivity contribution in [3.8, 4) is 6.07 Å². The first-order valence-electron chi connectivity index (χ1n) is 5.45. The Morgan fingerprint density at radius 3 is 2.88 bits per heavy atom. The number of aryl methyl sites for hydroxylation is 1. The van der Waals surface area contributed by atoms with Crippen LogP contribution in [0.4, 0.5) is 0 Å². The molecule has 1 aromatic rings. The van der Waals surface area contributed by atoms with Gasteiger partial charge in [0, 0.05) is 24.9 Å². The predicted octanol–water partition coefficient (Wildman–Crippen LogP) is 0.807. The van der Waals surface area contributed by atoms with Crippen LogP contribution < -0.4 is 10.9 Å². The smallest absolute Gasteiger partial charge is 0.252 e. The van der Waals surface area contributed by atoms with Gasteiger partial charge in [-0.3, -0.25) is 9.59 Å². The Morgan fingerprint density at radius 2 is 2.35 bits per heavy atom. The van der Waals surface area contributed by atoms with Gasteiger partial charge >= 0.3 is 0 Å². The van der Waals surface area contributed by atoms with E-state index in [1.165, 1.54) is 16.8 Å².